The molecule has 1 aliphatic heterocycles. The summed E-state index contributed by atoms with van der Waals surface area (Å²) in [5.74, 6) is 1.22. The van der Waals surface area contributed by atoms with Crippen molar-refractivity contribution in [2.75, 3.05) is 13.6 Å². The highest BCUT2D eigenvalue weighted by molar-refractivity contribution is 5.83. The van der Waals surface area contributed by atoms with E-state index in [-0.39, 0.29) is 0 Å². The Morgan fingerprint density at radius 3 is 2.32 bits per heavy atom. The van der Waals surface area contributed by atoms with Crippen LogP contribution in [0.3, 0.4) is 0 Å². The maximum Gasteiger partial charge on any atom is 0.141 e. The fourth-order valence-electron chi connectivity index (χ4n) is 2.54. The summed E-state index contributed by atoms with van der Waals surface area (Å²) in [6, 6.07) is 0. The van der Waals surface area contributed by atoms with Crippen molar-refractivity contribution in [2.24, 2.45) is 5.10 Å². The second-order valence-corrected chi connectivity index (χ2v) is 5.35. The maximum absolute atomic E-state index is 4.86. The van der Waals surface area contributed by atoms with Gasteiger partial charge in [-0.15, -0.1) is 0 Å². The number of hydrazone groups is 1. The Morgan fingerprint density at radius 2 is 1.74 bits per heavy atom. The summed E-state index contributed by atoms with van der Waals surface area (Å²) in [7, 11) is 2.02. The van der Waals surface area contributed by atoms with E-state index in [9.17, 15) is 0 Å². The van der Waals surface area contributed by atoms with Gasteiger partial charge in [0.05, 0.1) is 0 Å². The van der Waals surface area contributed by atoms with Gasteiger partial charge in [0, 0.05) is 20.0 Å². The van der Waals surface area contributed by atoms with Crippen molar-refractivity contribution < 1.29 is 0 Å². The normalized spacial score (nSPS) is 19.2. The summed E-state index contributed by atoms with van der Waals surface area (Å²) < 4.78 is 0. The van der Waals surface area contributed by atoms with E-state index in [2.05, 4.69) is 36.2 Å². The molecule has 0 amide bonds. The average molecular weight is 268 g/mol. The second kappa shape index (κ2) is 9.18. The lowest BCUT2D eigenvalue weighted by molar-refractivity contribution is 0.0915. The van der Waals surface area contributed by atoms with Crippen molar-refractivity contribution in [2.45, 2.75) is 78.3 Å². The minimum absolute atomic E-state index is 0.420. The Balaban J connectivity index is 2.68. The van der Waals surface area contributed by atoms with Crippen molar-refractivity contribution >= 4 is 5.84 Å². The van der Waals surface area contributed by atoms with E-state index in [1.165, 1.54) is 50.8 Å². The lowest BCUT2D eigenvalue weighted by Gasteiger charge is -2.31. The number of nitrogens with one attached hydrogen (secondary N) is 1. The molecule has 1 unspecified atom stereocenters. The fraction of sp³-hybridized carbons (Fsp3) is 0.933. The Kier molecular flexibility index (Phi) is 7.87. The molecule has 19 heavy (non-hydrogen) atoms. The molecule has 0 saturated carbocycles. The van der Waals surface area contributed by atoms with Crippen LogP contribution in [0.1, 0.15) is 72.1 Å². The Bertz CT molecular complexity index is 265. The molecule has 0 aromatic heterocycles. The first-order valence-corrected chi connectivity index (χ1v) is 8.09. The molecule has 1 atom stereocenters. The third kappa shape index (κ3) is 4.68. The Labute approximate surface area is 119 Å². The summed E-state index contributed by atoms with van der Waals surface area (Å²) in [5, 5.41) is 9.46. The minimum Gasteiger partial charge on any atom is -0.271 e. The Morgan fingerprint density at radius 1 is 1.05 bits per heavy atom. The summed E-state index contributed by atoms with van der Waals surface area (Å²) >= 11 is 0. The monoisotopic (exact) mass is 268 g/mol. The largest absolute Gasteiger partial charge is 0.271 e. The second-order valence-electron chi connectivity index (χ2n) is 5.35. The van der Waals surface area contributed by atoms with Crippen LogP contribution in [-0.4, -0.2) is 35.6 Å². The van der Waals surface area contributed by atoms with Crippen molar-refractivity contribution in [3.8, 4) is 0 Å². The molecule has 1 rings (SSSR count). The summed E-state index contributed by atoms with van der Waals surface area (Å²) in [6.07, 6.45) is 10.1. The molecule has 112 valence electrons. The summed E-state index contributed by atoms with van der Waals surface area (Å²) in [4.78, 5) is 0. The van der Waals surface area contributed by atoms with Crippen LogP contribution in [0.25, 0.3) is 0 Å². The van der Waals surface area contributed by atoms with E-state index < -0.39 is 0 Å². The molecule has 1 aliphatic rings. The van der Waals surface area contributed by atoms with Crippen molar-refractivity contribution in [1.29, 1.82) is 0 Å². The van der Waals surface area contributed by atoms with Gasteiger partial charge in [-0.2, -0.15) is 5.10 Å². The van der Waals surface area contributed by atoms with E-state index >= 15 is 0 Å². The average Bonchev–Trinajstić information content (AvgIpc) is 2.77. The van der Waals surface area contributed by atoms with Crippen molar-refractivity contribution in [3.63, 3.8) is 0 Å². The van der Waals surface area contributed by atoms with E-state index in [0.717, 1.165) is 13.0 Å². The lowest BCUT2D eigenvalue weighted by Crippen LogP contribution is -2.48. The van der Waals surface area contributed by atoms with Crippen LogP contribution < -0.4 is 5.43 Å². The molecule has 4 nitrogen and oxygen atoms in total. The third-order valence-corrected chi connectivity index (χ3v) is 3.72. The maximum atomic E-state index is 4.86. The van der Waals surface area contributed by atoms with E-state index in [4.69, 9.17) is 5.10 Å². The number of hydrazine groups is 1. The zero-order valence-electron chi connectivity index (χ0n) is 13.3. The number of hydrogen-bond donors (Lipinski definition) is 1. The lowest BCUT2D eigenvalue weighted by atomic mass is 10.2. The number of amidine groups is 1. The first-order valence-electron chi connectivity index (χ1n) is 8.09. The van der Waals surface area contributed by atoms with Gasteiger partial charge < -0.3 is 0 Å². The Hall–Kier alpha value is -0.770. The van der Waals surface area contributed by atoms with Gasteiger partial charge in [0.1, 0.15) is 12.0 Å². The van der Waals surface area contributed by atoms with Gasteiger partial charge in [-0.3, -0.25) is 10.0 Å². The van der Waals surface area contributed by atoms with Crippen LogP contribution in [0.5, 0.6) is 0 Å². The highest BCUT2D eigenvalue weighted by Gasteiger charge is 2.31. The van der Waals surface area contributed by atoms with Gasteiger partial charge in [-0.1, -0.05) is 40.0 Å². The zero-order chi connectivity index (χ0) is 14.1. The molecular weight excluding hydrogens is 236 g/mol. The number of unbranched alkanes of at least 4 members (excludes halogenated alkanes) is 3. The first kappa shape index (κ1) is 16.3. The zero-order valence-corrected chi connectivity index (χ0v) is 13.3. The molecule has 0 spiro atoms. The standard InChI is InChI=1S/C15H32N4/c1-5-8-11-14-17-18(13-10-7-3)15(12-9-6-2)19(14)16-4/h15-16H,5-13H2,1-4H3. The van der Waals surface area contributed by atoms with Gasteiger partial charge >= 0.3 is 0 Å². The van der Waals surface area contributed by atoms with Crippen LogP contribution in [0.4, 0.5) is 0 Å². The van der Waals surface area contributed by atoms with E-state index in [1.807, 2.05) is 7.05 Å². The fourth-order valence-corrected chi connectivity index (χ4v) is 2.54. The van der Waals surface area contributed by atoms with Crippen LogP contribution in [0.15, 0.2) is 5.10 Å². The smallest absolute Gasteiger partial charge is 0.141 e. The van der Waals surface area contributed by atoms with Crippen LogP contribution in [0, 0.1) is 0 Å². The summed E-state index contributed by atoms with van der Waals surface area (Å²) in [5.41, 5.74) is 3.35. The van der Waals surface area contributed by atoms with Gasteiger partial charge in [-0.05, 0) is 25.7 Å². The van der Waals surface area contributed by atoms with Gasteiger partial charge in [0.25, 0.3) is 0 Å². The molecule has 0 aliphatic carbocycles. The minimum atomic E-state index is 0.420. The van der Waals surface area contributed by atoms with Crippen LogP contribution >= 0.6 is 0 Å². The van der Waals surface area contributed by atoms with E-state index in [0.29, 0.717) is 6.17 Å². The molecular formula is C15H32N4. The molecule has 0 fully saturated rings. The summed E-state index contributed by atoms with van der Waals surface area (Å²) in [6.45, 7) is 7.82. The number of rotatable bonds is 10. The van der Waals surface area contributed by atoms with Crippen LogP contribution in [-0.2, 0) is 0 Å². The molecule has 4 heteroatoms. The third-order valence-electron chi connectivity index (χ3n) is 3.72. The molecule has 0 aromatic rings. The predicted octanol–water partition coefficient (Wildman–Crippen LogP) is 3.56. The molecule has 1 heterocycles. The predicted molar refractivity (Wildman–Crippen MR) is 82.8 cm³/mol. The molecule has 1 N–H and O–H groups in total. The van der Waals surface area contributed by atoms with Crippen LogP contribution in [0.2, 0.25) is 0 Å². The van der Waals surface area contributed by atoms with Gasteiger partial charge in [0.15, 0.2) is 0 Å². The highest BCUT2D eigenvalue weighted by Crippen LogP contribution is 2.22. The SMILES string of the molecule is CCCCC1=NN(CCCC)C(CCCC)N1NC. The molecule has 0 radical (unpaired) electrons. The quantitative estimate of drug-likeness (QED) is 0.657. The van der Waals surface area contributed by atoms with Crippen molar-refractivity contribution in [1.82, 2.24) is 15.4 Å². The van der Waals surface area contributed by atoms with Gasteiger partial charge in [0.2, 0.25) is 0 Å². The first-order chi connectivity index (χ1) is 9.28. The number of nitrogens with zero attached hydrogens (tertiary/aromatic N) is 3. The highest BCUT2D eigenvalue weighted by atomic mass is 15.7. The van der Waals surface area contributed by atoms with E-state index in [1.54, 1.807) is 0 Å². The van der Waals surface area contributed by atoms with Gasteiger partial charge in [-0.25, -0.2) is 5.43 Å². The molecule has 0 saturated heterocycles. The number of hydrogen-bond acceptors (Lipinski definition) is 4. The molecule has 0 aromatic carbocycles. The van der Waals surface area contributed by atoms with Crippen molar-refractivity contribution in [3.05, 3.63) is 0 Å². The topological polar surface area (TPSA) is 30.9 Å². The molecule has 0 bridgehead atoms.